The van der Waals surface area contributed by atoms with E-state index in [4.69, 9.17) is 9.47 Å². The largest absolute Gasteiger partial charge is 0.492 e. The molecule has 2 aromatic carbocycles. The average molecular weight is 643 g/mol. The molecule has 0 saturated carbocycles. The first kappa shape index (κ1) is 39.6. The van der Waals surface area contributed by atoms with Crippen LogP contribution in [0.2, 0.25) is 19.6 Å². The lowest BCUT2D eigenvalue weighted by atomic mass is 10.1. The zero-order chi connectivity index (χ0) is 33.1. The minimum absolute atomic E-state index is 0.705. The highest BCUT2D eigenvalue weighted by molar-refractivity contribution is 6.83. The van der Waals surface area contributed by atoms with Gasteiger partial charge >= 0.3 is 0 Å². The Bertz CT molecular complexity index is 1170. The molecule has 2 nitrogen and oxygen atoms in total. The SMILES string of the molecule is CCCCCCCCCCCCOc1cc(C#C[Si](C)(C)C)c(OCCCCCCCCCCCC)cc1C#Cc1ccccc1. The molecule has 0 fully saturated rings. The van der Waals surface area contributed by atoms with Gasteiger partial charge < -0.3 is 9.47 Å². The van der Waals surface area contributed by atoms with Gasteiger partial charge in [0.05, 0.1) is 24.3 Å². The summed E-state index contributed by atoms with van der Waals surface area (Å²) in [5, 5.41) is 0. The first-order valence-electron chi connectivity index (χ1n) is 19.0. The maximum Gasteiger partial charge on any atom is 0.136 e. The number of unbranched alkanes of at least 4 members (excludes halogenated alkanes) is 18. The second-order valence-electron chi connectivity index (χ2n) is 14.0. The molecule has 0 amide bonds. The Kier molecular flexibility index (Phi) is 21.9. The van der Waals surface area contributed by atoms with Gasteiger partial charge in [0.1, 0.15) is 19.6 Å². The van der Waals surface area contributed by atoms with Gasteiger partial charge in [-0.2, -0.15) is 0 Å². The Morgan fingerprint density at radius 3 is 1.28 bits per heavy atom. The van der Waals surface area contributed by atoms with Crippen LogP contribution in [-0.2, 0) is 0 Å². The van der Waals surface area contributed by atoms with Crippen LogP contribution in [0.15, 0.2) is 42.5 Å². The zero-order valence-corrected chi connectivity index (χ0v) is 31.4. The van der Waals surface area contributed by atoms with E-state index in [0.717, 1.165) is 41.0 Å². The zero-order valence-electron chi connectivity index (χ0n) is 30.4. The summed E-state index contributed by atoms with van der Waals surface area (Å²) in [5.41, 5.74) is 6.36. The highest BCUT2D eigenvalue weighted by atomic mass is 28.3. The summed E-state index contributed by atoms with van der Waals surface area (Å²) >= 11 is 0. The first-order chi connectivity index (χ1) is 22.4. The van der Waals surface area contributed by atoms with Crippen LogP contribution >= 0.6 is 0 Å². The van der Waals surface area contributed by atoms with Crippen LogP contribution in [0.25, 0.3) is 0 Å². The van der Waals surface area contributed by atoms with E-state index in [1.807, 2.05) is 30.3 Å². The number of ether oxygens (including phenoxy) is 2. The monoisotopic (exact) mass is 642 g/mol. The van der Waals surface area contributed by atoms with Crippen LogP contribution in [0, 0.1) is 23.3 Å². The first-order valence-corrected chi connectivity index (χ1v) is 22.5. The van der Waals surface area contributed by atoms with Crippen molar-refractivity contribution in [3.8, 4) is 34.8 Å². The second kappa shape index (κ2) is 25.5. The summed E-state index contributed by atoms with van der Waals surface area (Å²) in [5.74, 6) is 11.9. The quantitative estimate of drug-likeness (QED) is 0.0644. The molecule has 2 rings (SSSR count). The standard InChI is InChI=1S/C43H66O2Si/c1-6-8-10-12-14-16-18-20-22-27-34-44-42-38-41(33-36-46(3,4)5)43(37-40(42)32-31-39-29-25-24-26-30-39)45-35-28-23-21-19-17-15-13-11-9-7-2/h24-26,29-30,37-38H,6-23,27-28,34-35H2,1-5H3. The van der Waals surface area contributed by atoms with E-state index in [9.17, 15) is 0 Å². The van der Waals surface area contributed by atoms with E-state index < -0.39 is 8.07 Å². The van der Waals surface area contributed by atoms with E-state index >= 15 is 0 Å². The van der Waals surface area contributed by atoms with Gasteiger partial charge in [-0.15, -0.1) is 5.54 Å². The fourth-order valence-electron chi connectivity index (χ4n) is 5.45. The summed E-state index contributed by atoms with van der Waals surface area (Å²) in [6.07, 6.45) is 26.3. The van der Waals surface area contributed by atoms with Gasteiger partial charge in [-0.25, -0.2) is 0 Å². The molecule has 0 spiro atoms. The third-order valence-corrected chi connectivity index (χ3v) is 9.16. The molecule has 0 aliphatic carbocycles. The number of hydrogen-bond acceptors (Lipinski definition) is 2. The minimum atomic E-state index is -1.56. The average Bonchev–Trinajstić information content (AvgIpc) is 3.05. The lowest BCUT2D eigenvalue weighted by Gasteiger charge is -2.14. The molecule has 254 valence electrons. The molecule has 0 saturated heterocycles. The van der Waals surface area contributed by atoms with Crippen LogP contribution in [0.5, 0.6) is 11.5 Å². The van der Waals surface area contributed by atoms with E-state index in [1.54, 1.807) is 0 Å². The van der Waals surface area contributed by atoms with Crippen molar-refractivity contribution < 1.29 is 9.47 Å². The van der Waals surface area contributed by atoms with Crippen molar-refractivity contribution in [1.29, 1.82) is 0 Å². The summed E-state index contributed by atoms with van der Waals surface area (Å²) in [6.45, 7) is 12.8. The highest BCUT2D eigenvalue weighted by Gasteiger charge is 2.13. The third kappa shape index (κ3) is 19.8. The highest BCUT2D eigenvalue weighted by Crippen LogP contribution is 2.29. The molecule has 0 aliphatic heterocycles. The second-order valence-corrected chi connectivity index (χ2v) is 18.8. The lowest BCUT2D eigenvalue weighted by molar-refractivity contribution is 0.295. The molecule has 0 bridgehead atoms. The predicted octanol–water partition coefficient (Wildman–Crippen LogP) is 12.9. The lowest BCUT2D eigenvalue weighted by Crippen LogP contribution is -2.16. The van der Waals surface area contributed by atoms with Gasteiger partial charge in [-0.3, -0.25) is 0 Å². The number of hydrogen-bond donors (Lipinski definition) is 0. The molecule has 0 N–H and O–H groups in total. The Hall–Kier alpha value is -2.62. The van der Waals surface area contributed by atoms with Crippen LogP contribution in [-0.4, -0.2) is 21.3 Å². The summed E-state index contributed by atoms with van der Waals surface area (Å²) in [7, 11) is -1.56. The van der Waals surface area contributed by atoms with Crippen LogP contribution in [0.1, 0.15) is 159 Å². The number of rotatable bonds is 24. The third-order valence-electron chi connectivity index (χ3n) is 8.28. The molecule has 2 aromatic rings. The Morgan fingerprint density at radius 1 is 0.478 bits per heavy atom. The van der Waals surface area contributed by atoms with Crippen molar-refractivity contribution >= 4 is 8.07 Å². The molecule has 0 aromatic heterocycles. The van der Waals surface area contributed by atoms with E-state index in [1.165, 1.54) is 116 Å². The fraction of sp³-hybridized carbons (Fsp3) is 0.628. The van der Waals surface area contributed by atoms with Gasteiger partial charge in [-0.05, 0) is 25.0 Å². The van der Waals surface area contributed by atoms with Gasteiger partial charge in [0.2, 0.25) is 0 Å². The molecule has 0 radical (unpaired) electrons. The van der Waals surface area contributed by atoms with E-state index in [0.29, 0.717) is 13.2 Å². The Labute approximate surface area is 285 Å². The predicted molar refractivity (Wildman–Crippen MR) is 204 cm³/mol. The molecule has 0 heterocycles. The fourth-order valence-corrected chi connectivity index (χ4v) is 5.96. The summed E-state index contributed by atoms with van der Waals surface area (Å²) in [4.78, 5) is 0. The summed E-state index contributed by atoms with van der Waals surface area (Å²) < 4.78 is 12.8. The summed E-state index contributed by atoms with van der Waals surface area (Å²) in [6, 6.07) is 14.4. The topological polar surface area (TPSA) is 18.5 Å². The Balaban J connectivity index is 2.03. The molecule has 0 unspecified atom stereocenters. The smallest absolute Gasteiger partial charge is 0.136 e. The molecule has 0 atom stereocenters. The molecule has 3 heteroatoms. The maximum absolute atomic E-state index is 6.42. The van der Waals surface area contributed by atoms with Gasteiger partial charge in [0, 0.05) is 17.7 Å². The molecular weight excluding hydrogens is 577 g/mol. The van der Waals surface area contributed by atoms with Crippen LogP contribution < -0.4 is 9.47 Å². The van der Waals surface area contributed by atoms with Crippen molar-refractivity contribution in [3.63, 3.8) is 0 Å². The van der Waals surface area contributed by atoms with Crippen molar-refractivity contribution in [1.82, 2.24) is 0 Å². The van der Waals surface area contributed by atoms with E-state index in [-0.39, 0.29) is 0 Å². The van der Waals surface area contributed by atoms with E-state index in [2.05, 4.69) is 68.9 Å². The minimum Gasteiger partial charge on any atom is -0.492 e. The normalized spacial score (nSPS) is 11.0. The van der Waals surface area contributed by atoms with Crippen LogP contribution in [0.3, 0.4) is 0 Å². The molecule has 0 aliphatic rings. The van der Waals surface area contributed by atoms with Crippen molar-refractivity contribution in [2.24, 2.45) is 0 Å². The van der Waals surface area contributed by atoms with Crippen LogP contribution in [0.4, 0.5) is 0 Å². The molecule has 46 heavy (non-hydrogen) atoms. The van der Waals surface area contributed by atoms with Crippen molar-refractivity contribution in [2.75, 3.05) is 13.2 Å². The Morgan fingerprint density at radius 2 is 0.870 bits per heavy atom. The van der Waals surface area contributed by atoms with Crippen molar-refractivity contribution in [3.05, 3.63) is 59.2 Å². The van der Waals surface area contributed by atoms with Gasteiger partial charge in [0.25, 0.3) is 0 Å². The number of benzene rings is 2. The van der Waals surface area contributed by atoms with Gasteiger partial charge in [-0.1, -0.05) is 185 Å². The van der Waals surface area contributed by atoms with Crippen molar-refractivity contribution in [2.45, 2.75) is 162 Å². The van der Waals surface area contributed by atoms with Gasteiger partial charge in [0.15, 0.2) is 0 Å². The maximum atomic E-state index is 6.42. The molecular formula is C43H66O2Si.